The lowest BCUT2D eigenvalue weighted by atomic mass is 10.2. The SMILES string of the molecule is Cc1c(Cl)cccc1NC(=O)CCc1nc(-c2ccc(C)n(C(C)C)c2=O)no1. The maximum Gasteiger partial charge on any atom is 0.262 e. The van der Waals surface area contributed by atoms with E-state index in [-0.39, 0.29) is 36.2 Å². The largest absolute Gasteiger partial charge is 0.339 e. The van der Waals surface area contributed by atoms with Crippen molar-refractivity contribution in [2.75, 3.05) is 5.32 Å². The van der Waals surface area contributed by atoms with Crippen LogP contribution in [0, 0.1) is 13.8 Å². The summed E-state index contributed by atoms with van der Waals surface area (Å²) in [6, 6.07) is 8.91. The zero-order chi connectivity index (χ0) is 21.1. The number of nitrogens with zero attached hydrogens (tertiary/aromatic N) is 3. The van der Waals surface area contributed by atoms with Gasteiger partial charge in [-0.05, 0) is 57.5 Å². The summed E-state index contributed by atoms with van der Waals surface area (Å²) in [7, 11) is 0. The first-order chi connectivity index (χ1) is 13.8. The van der Waals surface area contributed by atoms with Crippen LogP contribution < -0.4 is 10.9 Å². The first kappa shape index (κ1) is 20.8. The van der Waals surface area contributed by atoms with E-state index in [0.29, 0.717) is 22.2 Å². The predicted molar refractivity (Wildman–Crippen MR) is 112 cm³/mol. The van der Waals surface area contributed by atoms with Crippen molar-refractivity contribution in [3.63, 3.8) is 0 Å². The molecule has 0 aliphatic rings. The number of aryl methyl sites for hydroxylation is 2. The van der Waals surface area contributed by atoms with Crippen LogP contribution in [0.2, 0.25) is 5.02 Å². The minimum Gasteiger partial charge on any atom is -0.339 e. The van der Waals surface area contributed by atoms with Crippen molar-refractivity contribution in [2.45, 2.75) is 46.6 Å². The Morgan fingerprint density at radius 3 is 2.72 bits per heavy atom. The van der Waals surface area contributed by atoms with Crippen LogP contribution in [0.5, 0.6) is 0 Å². The molecule has 0 fully saturated rings. The van der Waals surface area contributed by atoms with Gasteiger partial charge in [-0.1, -0.05) is 22.8 Å². The second kappa shape index (κ2) is 8.61. The normalized spacial score (nSPS) is 11.1. The van der Waals surface area contributed by atoms with Gasteiger partial charge in [0.15, 0.2) is 0 Å². The number of anilines is 1. The first-order valence-electron chi connectivity index (χ1n) is 9.38. The van der Waals surface area contributed by atoms with Crippen LogP contribution in [-0.2, 0) is 11.2 Å². The number of amides is 1. The molecule has 1 amide bonds. The van der Waals surface area contributed by atoms with Crippen LogP contribution in [0.15, 0.2) is 39.6 Å². The first-order valence-corrected chi connectivity index (χ1v) is 9.75. The molecule has 3 aromatic rings. The molecule has 2 aromatic heterocycles. The molecule has 0 aliphatic carbocycles. The molecule has 0 saturated heterocycles. The Kier molecular flexibility index (Phi) is 6.17. The smallest absolute Gasteiger partial charge is 0.262 e. The molecule has 0 spiro atoms. The number of nitrogens with one attached hydrogen (secondary N) is 1. The Bertz CT molecular complexity index is 1100. The Morgan fingerprint density at radius 2 is 2.00 bits per heavy atom. The van der Waals surface area contributed by atoms with Gasteiger partial charge in [-0.25, -0.2) is 0 Å². The molecule has 0 aliphatic heterocycles. The lowest BCUT2D eigenvalue weighted by molar-refractivity contribution is -0.116. The minimum atomic E-state index is -0.187. The average Bonchev–Trinajstić information content (AvgIpc) is 3.12. The standard InChI is InChI=1S/C21H23ClN4O3/c1-12(2)26-13(3)8-9-15(21(26)28)20-24-19(29-25-20)11-10-18(27)23-17-7-5-6-16(22)14(17)4/h5-9,12H,10-11H2,1-4H3,(H,23,27). The number of hydrogen-bond donors (Lipinski definition) is 1. The molecule has 1 N–H and O–H groups in total. The summed E-state index contributed by atoms with van der Waals surface area (Å²) in [4.78, 5) is 29.3. The number of hydrogen-bond acceptors (Lipinski definition) is 5. The molecule has 0 bridgehead atoms. The van der Waals surface area contributed by atoms with E-state index in [9.17, 15) is 9.59 Å². The highest BCUT2D eigenvalue weighted by Crippen LogP contribution is 2.23. The van der Waals surface area contributed by atoms with Gasteiger partial charge < -0.3 is 14.4 Å². The van der Waals surface area contributed by atoms with Crippen molar-refractivity contribution in [1.82, 2.24) is 14.7 Å². The van der Waals surface area contributed by atoms with E-state index in [2.05, 4.69) is 15.5 Å². The maximum atomic E-state index is 12.7. The van der Waals surface area contributed by atoms with Crippen molar-refractivity contribution >= 4 is 23.2 Å². The molecule has 7 nitrogen and oxygen atoms in total. The third kappa shape index (κ3) is 4.56. The molecule has 0 radical (unpaired) electrons. The Morgan fingerprint density at radius 1 is 1.24 bits per heavy atom. The third-order valence-corrected chi connectivity index (χ3v) is 5.06. The van der Waals surface area contributed by atoms with Crippen molar-refractivity contribution in [2.24, 2.45) is 0 Å². The van der Waals surface area contributed by atoms with Crippen LogP contribution >= 0.6 is 11.6 Å². The molecule has 0 saturated carbocycles. The highest BCUT2D eigenvalue weighted by Gasteiger charge is 2.17. The summed E-state index contributed by atoms with van der Waals surface area (Å²) in [5, 5.41) is 7.34. The highest BCUT2D eigenvalue weighted by atomic mass is 35.5. The lowest BCUT2D eigenvalue weighted by Gasteiger charge is -2.14. The van der Waals surface area contributed by atoms with E-state index in [4.69, 9.17) is 16.1 Å². The molecule has 0 unspecified atom stereocenters. The van der Waals surface area contributed by atoms with Gasteiger partial charge in [0, 0.05) is 35.3 Å². The average molecular weight is 415 g/mol. The lowest BCUT2D eigenvalue weighted by Crippen LogP contribution is -2.25. The van der Waals surface area contributed by atoms with Gasteiger partial charge >= 0.3 is 0 Å². The fourth-order valence-corrected chi connectivity index (χ4v) is 3.27. The zero-order valence-electron chi connectivity index (χ0n) is 16.8. The van der Waals surface area contributed by atoms with Gasteiger partial charge in [-0.15, -0.1) is 0 Å². The molecule has 0 atom stereocenters. The van der Waals surface area contributed by atoms with E-state index in [0.717, 1.165) is 11.3 Å². The number of carbonyl (C=O) groups is 1. The Balaban J connectivity index is 1.70. The number of aromatic nitrogens is 3. The number of halogens is 1. The van der Waals surface area contributed by atoms with E-state index in [1.165, 1.54) is 0 Å². The number of rotatable bonds is 6. The minimum absolute atomic E-state index is 0.0208. The number of pyridine rings is 1. The van der Waals surface area contributed by atoms with Gasteiger partial charge in [-0.2, -0.15) is 4.98 Å². The van der Waals surface area contributed by atoms with Crippen LogP contribution in [0.3, 0.4) is 0 Å². The van der Waals surface area contributed by atoms with Gasteiger partial charge in [0.05, 0.1) is 5.56 Å². The van der Waals surface area contributed by atoms with E-state index >= 15 is 0 Å². The summed E-state index contributed by atoms with van der Waals surface area (Å²) in [5.74, 6) is 0.340. The van der Waals surface area contributed by atoms with Crippen molar-refractivity contribution < 1.29 is 9.32 Å². The summed E-state index contributed by atoms with van der Waals surface area (Å²) in [5.41, 5.74) is 2.55. The second-order valence-corrected chi connectivity index (χ2v) is 7.54. The summed E-state index contributed by atoms with van der Waals surface area (Å²) in [6.45, 7) is 7.61. The second-order valence-electron chi connectivity index (χ2n) is 7.13. The molecule has 2 heterocycles. The monoisotopic (exact) mass is 414 g/mol. The predicted octanol–water partition coefficient (Wildman–Crippen LogP) is 4.32. The third-order valence-electron chi connectivity index (χ3n) is 4.65. The van der Waals surface area contributed by atoms with Crippen molar-refractivity contribution in [1.29, 1.82) is 0 Å². The molecule has 152 valence electrons. The van der Waals surface area contributed by atoms with Crippen molar-refractivity contribution in [3.05, 3.63) is 62.9 Å². The maximum absolute atomic E-state index is 12.7. The molecular weight excluding hydrogens is 392 g/mol. The van der Waals surface area contributed by atoms with Crippen LogP contribution in [-0.4, -0.2) is 20.6 Å². The van der Waals surface area contributed by atoms with Gasteiger partial charge in [-0.3, -0.25) is 9.59 Å². The summed E-state index contributed by atoms with van der Waals surface area (Å²) < 4.78 is 6.92. The van der Waals surface area contributed by atoms with E-state index < -0.39 is 0 Å². The molecule has 3 rings (SSSR count). The summed E-state index contributed by atoms with van der Waals surface area (Å²) >= 11 is 6.07. The van der Waals surface area contributed by atoms with Gasteiger partial charge in [0.1, 0.15) is 0 Å². The molecule has 8 heteroatoms. The molecule has 1 aromatic carbocycles. The number of carbonyl (C=O) groups excluding carboxylic acids is 1. The quantitative estimate of drug-likeness (QED) is 0.648. The molecule has 29 heavy (non-hydrogen) atoms. The zero-order valence-corrected chi connectivity index (χ0v) is 17.6. The Hall–Kier alpha value is -2.93. The Labute approximate surface area is 173 Å². The van der Waals surface area contributed by atoms with Crippen LogP contribution in [0.25, 0.3) is 11.4 Å². The fraction of sp³-hybridized carbons (Fsp3) is 0.333. The highest BCUT2D eigenvalue weighted by molar-refractivity contribution is 6.31. The molecular formula is C21H23ClN4O3. The summed E-state index contributed by atoms with van der Waals surface area (Å²) in [6.07, 6.45) is 0.431. The van der Waals surface area contributed by atoms with Gasteiger partial charge in [0.25, 0.3) is 5.56 Å². The number of benzene rings is 1. The van der Waals surface area contributed by atoms with E-state index in [1.807, 2.05) is 33.8 Å². The van der Waals surface area contributed by atoms with E-state index in [1.54, 1.807) is 28.8 Å². The van der Waals surface area contributed by atoms with Crippen LogP contribution in [0.4, 0.5) is 5.69 Å². The van der Waals surface area contributed by atoms with Crippen molar-refractivity contribution in [3.8, 4) is 11.4 Å². The van der Waals surface area contributed by atoms with Crippen LogP contribution in [0.1, 0.15) is 43.5 Å². The topological polar surface area (TPSA) is 90.0 Å². The van der Waals surface area contributed by atoms with Gasteiger partial charge in [0.2, 0.25) is 17.6 Å². The fourth-order valence-electron chi connectivity index (χ4n) is 3.10.